The number of anilines is 1. The van der Waals surface area contributed by atoms with Crippen LogP contribution in [0.2, 0.25) is 10.0 Å². The molecule has 2 aromatic rings. The highest BCUT2D eigenvalue weighted by molar-refractivity contribution is 7.84. The molecular formula is C17H18Cl2N2O3S. The topological polar surface area (TPSA) is 67.4 Å². The third-order valence-electron chi connectivity index (χ3n) is 3.55. The number of halogens is 2. The smallest absolute Gasteiger partial charge is 0.319 e. The van der Waals surface area contributed by atoms with Gasteiger partial charge in [0.2, 0.25) is 0 Å². The van der Waals surface area contributed by atoms with E-state index >= 15 is 0 Å². The summed E-state index contributed by atoms with van der Waals surface area (Å²) in [6.45, 7) is 1.80. The fraction of sp³-hybridized carbons (Fsp3) is 0.235. The Morgan fingerprint density at radius 2 is 1.76 bits per heavy atom. The molecule has 0 aliphatic carbocycles. The maximum atomic E-state index is 12.2. The predicted octanol–water partition coefficient (Wildman–Crippen LogP) is 4.62. The van der Waals surface area contributed by atoms with Crippen LogP contribution in [-0.4, -0.2) is 23.6 Å². The van der Waals surface area contributed by atoms with Crippen LogP contribution in [0.5, 0.6) is 5.75 Å². The first-order valence-corrected chi connectivity index (χ1v) is 9.67. The summed E-state index contributed by atoms with van der Waals surface area (Å²) in [6.07, 6.45) is 1.60. The third-order valence-corrected chi connectivity index (χ3v) is 5.37. The average molecular weight is 401 g/mol. The van der Waals surface area contributed by atoms with Crippen LogP contribution in [0, 0.1) is 0 Å². The van der Waals surface area contributed by atoms with E-state index in [4.69, 9.17) is 27.9 Å². The van der Waals surface area contributed by atoms with Crippen LogP contribution >= 0.6 is 23.2 Å². The summed E-state index contributed by atoms with van der Waals surface area (Å²) in [5.74, 6) is 0.473. The monoisotopic (exact) mass is 400 g/mol. The number of carbonyl (C=O) groups is 1. The van der Waals surface area contributed by atoms with Gasteiger partial charge in [-0.1, -0.05) is 29.3 Å². The molecule has 0 saturated carbocycles. The zero-order valence-electron chi connectivity index (χ0n) is 13.9. The number of rotatable bonds is 5. The van der Waals surface area contributed by atoms with Crippen molar-refractivity contribution in [2.24, 2.45) is 0 Å². The first kappa shape index (κ1) is 19.6. The number of carbonyl (C=O) groups excluding carboxylic acids is 1. The lowest BCUT2D eigenvalue weighted by Gasteiger charge is -2.18. The Hall–Kier alpha value is -1.76. The Kier molecular flexibility index (Phi) is 6.70. The zero-order chi connectivity index (χ0) is 18.6. The molecule has 0 aliphatic heterocycles. The van der Waals surface area contributed by atoms with Crippen molar-refractivity contribution in [3.05, 3.63) is 52.0 Å². The van der Waals surface area contributed by atoms with Gasteiger partial charge in [0.25, 0.3) is 0 Å². The number of nitrogens with one attached hydrogen (secondary N) is 2. The van der Waals surface area contributed by atoms with Crippen molar-refractivity contribution < 1.29 is 13.7 Å². The van der Waals surface area contributed by atoms with E-state index in [0.29, 0.717) is 31.9 Å². The minimum atomic E-state index is -1.06. The second-order valence-corrected chi connectivity index (χ2v) is 7.42. The summed E-state index contributed by atoms with van der Waals surface area (Å²) in [4.78, 5) is 12.8. The van der Waals surface area contributed by atoms with Crippen molar-refractivity contribution in [3.63, 3.8) is 0 Å². The fourth-order valence-electron chi connectivity index (χ4n) is 2.21. The molecule has 8 heteroatoms. The van der Waals surface area contributed by atoms with E-state index in [9.17, 15) is 9.00 Å². The molecule has 2 atom stereocenters. The quantitative estimate of drug-likeness (QED) is 0.768. The van der Waals surface area contributed by atoms with E-state index in [-0.39, 0.29) is 12.1 Å². The van der Waals surface area contributed by atoms with Gasteiger partial charge in [0, 0.05) is 27.6 Å². The van der Waals surface area contributed by atoms with Crippen LogP contribution < -0.4 is 15.4 Å². The van der Waals surface area contributed by atoms with E-state index in [1.54, 1.807) is 49.6 Å². The molecule has 1 unspecified atom stereocenters. The molecule has 134 valence electrons. The maximum Gasteiger partial charge on any atom is 0.319 e. The summed E-state index contributed by atoms with van der Waals surface area (Å²) in [5.41, 5.74) is 1.28. The molecule has 0 radical (unpaired) electrons. The van der Waals surface area contributed by atoms with E-state index in [1.807, 2.05) is 0 Å². The van der Waals surface area contributed by atoms with Crippen LogP contribution in [0.4, 0.5) is 10.5 Å². The summed E-state index contributed by atoms with van der Waals surface area (Å²) in [7, 11) is 0.448. The molecule has 2 amide bonds. The lowest BCUT2D eigenvalue weighted by atomic mass is 10.1. The lowest BCUT2D eigenvalue weighted by molar-refractivity contribution is 0.249. The SMILES string of the molecule is COc1ccc([C@@H](C)NC(=O)Nc2ccc(S(C)=O)cc2)c(Cl)c1Cl. The van der Waals surface area contributed by atoms with E-state index < -0.39 is 10.8 Å². The highest BCUT2D eigenvalue weighted by atomic mass is 35.5. The summed E-state index contributed by atoms with van der Waals surface area (Å²) < 4.78 is 16.5. The molecule has 0 fully saturated rings. The van der Waals surface area contributed by atoms with Crippen molar-refractivity contribution >= 4 is 45.7 Å². The van der Waals surface area contributed by atoms with Crippen molar-refractivity contribution in [1.29, 1.82) is 0 Å². The Morgan fingerprint density at radius 1 is 1.12 bits per heavy atom. The molecule has 0 heterocycles. The third kappa shape index (κ3) is 4.87. The predicted molar refractivity (Wildman–Crippen MR) is 102 cm³/mol. The van der Waals surface area contributed by atoms with Gasteiger partial charge < -0.3 is 15.4 Å². The molecule has 5 nitrogen and oxygen atoms in total. The van der Waals surface area contributed by atoms with Gasteiger partial charge in [-0.05, 0) is 42.8 Å². The molecule has 2 rings (SSSR count). The van der Waals surface area contributed by atoms with Gasteiger partial charge in [0.1, 0.15) is 10.8 Å². The maximum absolute atomic E-state index is 12.2. The molecule has 0 bridgehead atoms. The first-order valence-electron chi connectivity index (χ1n) is 7.36. The molecule has 0 spiro atoms. The molecule has 0 saturated heterocycles. The Labute approximate surface area is 159 Å². The molecule has 0 aliphatic rings. The van der Waals surface area contributed by atoms with Gasteiger partial charge >= 0.3 is 6.03 Å². The second kappa shape index (κ2) is 8.56. The largest absolute Gasteiger partial charge is 0.495 e. The van der Waals surface area contributed by atoms with Gasteiger partial charge in [0.15, 0.2) is 0 Å². The number of hydrogen-bond donors (Lipinski definition) is 2. The molecular weight excluding hydrogens is 383 g/mol. The minimum Gasteiger partial charge on any atom is -0.495 e. The van der Waals surface area contributed by atoms with Gasteiger partial charge in [-0.3, -0.25) is 4.21 Å². The summed E-state index contributed by atoms with van der Waals surface area (Å²) in [5, 5.41) is 6.15. The van der Waals surface area contributed by atoms with Crippen LogP contribution in [0.1, 0.15) is 18.5 Å². The van der Waals surface area contributed by atoms with Gasteiger partial charge in [-0.25, -0.2) is 4.79 Å². The standard InChI is InChI=1S/C17H18Cl2N2O3S/c1-10(13-8-9-14(24-2)16(19)15(13)18)20-17(22)21-11-4-6-12(7-5-11)25(3)23/h4-10H,1-3H3,(H2,20,21,22)/t10-,25?/m1/s1. The van der Waals surface area contributed by atoms with Crippen molar-refractivity contribution in [3.8, 4) is 5.75 Å². The number of amides is 2. The minimum absolute atomic E-state index is 0.305. The van der Waals surface area contributed by atoms with Gasteiger partial charge in [0.05, 0.1) is 18.2 Å². The van der Waals surface area contributed by atoms with E-state index in [2.05, 4.69) is 10.6 Å². The normalized spacial score (nSPS) is 13.0. The highest BCUT2D eigenvalue weighted by Crippen LogP contribution is 2.36. The molecule has 2 N–H and O–H groups in total. The van der Waals surface area contributed by atoms with Crippen LogP contribution in [0.3, 0.4) is 0 Å². The summed E-state index contributed by atoms with van der Waals surface area (Å²) >= 11 is 12.4. The van der Waals surface area contributed by atoms with E-state index in [1.165, 1.54) is 7.11 Å². The highest BCUT2D eigenvalue weighted by Gasteiger charge is 2.17. The number of ether oxygens (including phenoxy) is 1. The van der Waals surface area contributed by atoms with Gasteiger partial charge in [-0.15, -0.1) is 0 Å². The van der Waals surface area contributed by atoms with Gasteiger partial charge in [-0.2, -0.15) is 0 Å². The number of urea groups is 1. The number of methoxy groups -OCH3 is 1. The van der Waals surface area contributed by atoms with E-state index in [0.717, 1.165) is 0 Å². The number of benzene rings is 2. The van der Waals surface area contributed by atoms with Crippen LogP contribution in [0.15, 0.2) is 41.3 Å². The lowest BCUT2D eigenvalue weighted by Crippen LogP contribution is -2.31. The summed E-state index contributed by atoms with van der Waals surface area (Å²) in [6, 6.07) is 9.49. The molecule has 25 heavy (non-hydrogen) atoms. The van der Waals surface area contributed by atoms with Crippen LogP contribution in [0.25, 0.3) is 0 Å². The van der Waals surface area contributed by atoms with Crippen molar-refractivity contribution in [2.75, 3.05) is 18.7 Å². The average Bonchev–Trinajstić information content (AvgIpc) is 2.57. The zero-order valence-corrected chi connectivity index (χ0v) is 16.3. The Bertz CT molecular complexity index is 797. The first-order chi connectivity index (χ1) is 11.8. The number of hydrogen-bond acceptors (Lipinski definition) is 3. The second-order valence-electron chi connectivity index (χ2n) is 5.28. The fourth-order valence-corrected chi connectivity index (χ4v) is 3.30. The molecule has 0 aromatic heterocycles. The Morgan fingerprint density at radius 3 is 2.32 bits per heavy atom. The Balaban J connectivity index is 2.05. The van der Waals surface area contributed by atoms with Crippen molar-refractivity contribution in [2.45, 2.75) is 17.9 Å². The van der Waals surface area contributed by atoms with Crippen molar-refractivity contribution in [1.82, 2.24) is 5.32 Å². The molecule has 2 aromatic carbocycles. The van der Waals surface area contributed by atoms with Crippen LogP contribution in [-0.2, 0) is 10.8 Å².